The summed E-state index contributed by atoms with van der Waals surface area (Å²) >= 11 is 0. The molecule has 0 rings (SSSR count). The molecule has 11 heavy (non-hydrogen) atoms. The maximum absolute atomic E-state index is 5.20. The van der Waals surface area contributed by atoms with Crippen molar-refractivity contribution in [2.75, 3.05) is 0 Å². The molecular formula is C11H17. The van der Waals surface area contributed by atoms with Gasteiger partial charge in [0.25, 0.3) is 0 Å². The lowest BCUT2D eigenvalue weighted by atomic mass is 10.2. The molecule has 1 radical (unpaired) electrons. The Morgan fingerprint density at radius 2 is 1.82 bits per heavy atom. The van der Waals surface area contributed by atoms with Crippen LogP contribution >= 0.6 is 0 Å². The summed E-state index contributed by atoms with van der Waals surface area (Å²) in [6, 6.07) is 0. The summed E-state index contributed by atoms with van der Waals surface area (Å²) < 4.78 is 0. The van der Waals surface area contributed by atoms with Crippen molar-refractivity contribution < 1.29 is 0 Å². The fourth-order valence-corrected chi connectivity index (χ4v) is 0.844. The highest BCUT2D eigenvalue weighted by atomic mass is 13.9. The Morgan fingerprint density at radius 3 is 2.45 bits per heavy atom. The number of rotatable bonds is 7. The van der Waals surface area contributed by atoms with Crippen molar-refractivity contribution in [2.24, 2.45) is 0 Å². The molecule has 0 atom stereocenters. The van der Waals surface area contributed by atoms with Gasteiger partial charge < -0.3 is 0 Å². The highest BCUT2D eigenvalue weighted by Crippen LogP contribution is 2.01. The fourth-order valence-electron chi connectivity index (χ4n) is 0.844. The lowest BCUT2D eigenvalue weighted by Gasteiger charge is -1.91. The predicted octanol–water partition coefficient (Wildman–Crippen LogP) is 3.67. The maximum atomic E-state index is 5.20. The molecule has 0 nitrogen and oxygen atoms in total. The van der Waals surface area contributed by atoms with Crippen LogP contribution in [0.5, 0.6) is 0 Å². The zero-order valence-corrected chi connectivity index (χ0v) is 7.13. The van der Waals surface area contributed by atoms with Gasteiger partial charge >= 0.3 is 0 Å². The summed E-state index contributed by atoms with van der Waals surface area (Å²) in [4.78, 5) is 0. The highest BCUT2D eigenvalue weighted by Gasteiger charge is 1.81. The lowest BCUT2D eigenvalue weighted by molar-refractivity contribution is 0.762. The molecule has 0 bridgehead atoms. The quantitative estimate of drug-likeness (QED) is 0.382. The third-order valence-electron chi connectivity index (χ3n) is 1.47. The van der Waals surface area contributed by atoms with Gasteiger partial charge in [-0.05, 0) is 32.1 Å². The van der Waals surface area contributed by atoms with Crippen LogP contribution in [0, 0.1) is 6.58 Å². The number of hydrogen-bond acceptors (Lipinski definition) is 0. The Labute approximate surface area is 70.3 Å². The number of unbranched alkanes of at least 4 members (excludes halogenated alkanes) is 3. The minimum Gasteiger partial charge on any atom is -0.103 e. The van der Waals surface area contributed by atoms with Crippen molar-refractivity contribution in [3.05, 3.63) is 37.5 Å². The Morgan fingerprint density at radius 1 is 1.09 bits per heavy atom. The zero-order chi connectivity index (χ0) is 8.36. The average molecular weight is 149 g/mol. The fraction of sp³-hybridized carbons (Fsp3) is 0.455. The first kappa shape index (κ1) is 10.2. The molecule has 0 aliphatic rings. The first-order valence-electron chi connectivity index (χ1n) is 4.21. The zero-order valence-electron chi connectivity index (χ0n) is 7.13. The second kappa shape index (κ2) is 9.22. The molecule has 61 valence electrons. The van der Waals surface area contributed by atoms with Crippen LogP contribution in [-0.2, 0) is 0 Å². The molecule has 0 fully saturated rings. The van der Waals surface area contributed by atoms with Gasteiger partial charge in [0.05, 0.1) is 0 Å². The summed E-state index contributed by atoms with van der Waals surface area (Å²) in [5.41, 5.74) is 0. The van der Waals surface area contributed by atoms with E-state index in [4.69, 9.17) is 6.58 Å². The first-order valence-corrected chi connectivity index (χ1v) is 4.21. The summed E-state index contributed by atoms with van der Waals surface area (Å²) in [5.74, 6) is 0. The first-order chi connectivity index (χ1) is 5.41. The third kappa shape index (κ3) is 9.22. The Bertz CT molecular complexity index is 120. The van der Waals surface area contributed by atoms with Gasteiger partial charge in [-0.25, -0.2) is 0 Å². The standard InChI is InChI=1S/C11H17/c1-3-5-7-9-11-10-8-6-4-2/h1,3-4,7,9H,2,5-6,8,10-11H2. The van der Waals surface area contributed by atoms with Crippen LogP contribution in [0.1, 0.15) is 32.1 Å². The molecule has 0 aliphatic carbocycles. The van der Waals surface area contributed by atoms with E-state index in [-0.39, 0.29) is 0 Å². The molecule has 0 aromatic rings. The molecule has 0 heteroatoms. The summed E-state index contributed by atoms with van der Waals surface area (Å²) in [6.07, 6.45) is 13.6. The molecular weight excluding hydrogens is 132 g/mol. The molecule has 0 saturated carbocycles. The van der Waals surface area contributed by atoms with E-state index in [1.54, 1.807) is 6.08 Å². The molecule has 0 heterocycles. The van der Waals surface area contributed by atoms with Crippen LogP contribution in [0.25, 0.3) is 0 Å². The highest BCUT2D eigenvalue weighted by molar-refractivity contribution is 4.87. The topological polar surface area (TPSA) is 0 Å². The average Bonchev–Trinajstić information content (AvgIpc) is 2.03. The van der Waals surface area contributed by atoms with Crippen molar-refractivity contribution in [3.8, 4) is 0 Å². The van der Waals surface area contributed by atoms with Crippen LogP contribution < -0.4 is 0 Å². The molecule has 0 aliphatic heterocycles. The maximum Gasteiger partial charge on any atom is -0.0166 e. The molecule has 0 unspecified atom stereocenters. The van der Waals surface area contributed by atoms with Crippen molar-refractivity contribution >= 4 is 0 Å². The van der Waals surface area contributed by atoms with Gasteiger partial charge in [-0.3, -0.25) is 0 Å². The van der Waals surface area contributed by atoms with Crippen LogP contribution in [0.3, 0.4) is 0 Å². The van der Waals surface area contributed by atoms with Crippen molar-refractivity contribution in [2.45, 2.75) is 32.1 Å². The van der Waals surface area contributed by atoms with E-state index in [1.165, 1.54) is 19.3 Å². The van der Waals surface area contributed by atoms with Gasteiger partial charge in [-0.2, -0.15) is 0 Å². The van der Waals surface area contributed by atoms with E-state index in [0.717, 1.165) is 12.8 Å². The minimum atomic E-state index is 0.890. The molecule has 0 aromatic carbocycles. The van der Waals surface area contributed by atoms with E-state index in [0.29, 0.717) is 0 Å². The third-order valence-corrected chi connectivity index (χ3v) is 1.47. The van der Waals surface area contributed by atoms with Gasteiger partial charge in [0.1, 0.15) is 0 Å². The van der Waals surface area contributed by atoms with Crippen LogP contribution in [-0.4, -0.2) is 0 Å². The SMILES string of the molecule is [CH]=CCC=CCCCCC=C. The normalized spacial score (nSPS) is 10.2. The van der Waals surface area contributed by atoms with E-state index >= 15 is 0 Å². The van der Waals surface area contributed by atoms with Crippen LogP contribution in [0.15, 0.2) is 30.9 Å². The van der Waals surface area contributed by atoms with E-state index in [1.807, 2.05) is 6.08 Å². The van der Waals surface area contributed by atoms with Gasteiger partial charge in [-0.1, -0.05) is 30.9 Å². The van der Waals surface area contributed by atoms with Crippen molar-refractivity contribution in [1.29, 1.82) is 0 Å². The van der Waals surface area contributed by atoms with Gasteiger partial charge in [0.15, 0.2) is 0 Å². The van der Waals surface area contributed by atoms with E-state index in [9.17, 15) is 0 Å². The Balaban J connectivity index is 3.00. The second-order valence-electron chi connectivity index (χ2n) is 2.52. The summed E-state index contributed by atoms with van der Waals surface area (Å²) in [6.45, 7) is 8.87. The predicted molar refractivity (Wildman–Crippen MR) is 51.3 cm³/mol. The van der Waals surface area contributed by atoms with E-state index < -0.39 is 0 Å². The van der Waals surface area contributed by atoms with Crippen molar-refractivity contribution in [1.82, 2.24) is 0 Å². The summed E-state index contributed by atoms with van der Waals surface area (Å²) in [7, 11) is 0. The van der Waals surface area contributed by atoms with E-state index in [2.05, 4.69) is 18.7 Å². The Kier molecular flexibility index (Phi) is 8.57. The van der Waals surface area contributed by atoms with Crippen LogP contribution in [0.4, 0.5) is 0 Å². The molecule has 0 amide bonds. The largest absolute Gasteiger partial charge is 0.103 e. The van der Waals surface area contributed by atoms with Crippen molar-refractivity contribution in [3.63, 3.8) is 0 Å². The lowest BCUT2D eigenvalue weighted by Crippen LogP contribution is -1.71. The minimum absolute atomic E-state index is 0.890. The van der Waals surface area contributed by atoms with Crippen LogP contribution in [0.2, 0.25) is 0 Å². The molecule has 0 N–H and O–H groups in total. The molecule has 0 saturated heterocycles. The number of allylic oxidation sites excluding steroid dienone is 4. The molecule has 0 spiro atoms. The van der Waals surface area contributed by atoms with Gasteiger partial charge in [0, 0.05) is 0 Å². The number of hydrogen-bond donors (Lipinski definition) is 0. The van der Waals surface area contributed by atoms with Gasteiger partial charge in [-0.15, -0.1) is 6.58 Å². The molecule has 0 aromatic heterocycles. The second-order valence-corrected chi connectivity index (χ2v) is 2.52. The van der Waals surface area contributed by atoms with Gasteiger partial charge in [0.2, 0.25) is 0 Å². The summed E-state index contributed by atoms with van der Waals surface area (Å²) in [5, 5.41) is 0. The smallest absolute Gasteiger partial charge is 0.0166 e. The Hall–Kier alpha value is -0.780. The monoisotopic (exact) mass is 149 g/mol.